The molecule has 0 spiro atoms. The Morgan fingerprint density at radius 2 is 1.87 bits per heavy atom. The number of aromatic nitrogens is 2. The van der Waals surface area contributed by atoms with Crippen LogP contribution in [0.5, 0.6) is 5.88 Å². The molecule has 132 valence electrons. The third-order valence-electron chi connectivity index (χ3n) is 4.94. The molecule has 1 unspecified atom stereocenters. The molecule has 3 fully saturated rings. The van der Waals surface area contributed by atoms with E-state index in [4.69, 9.17) is 4.74 Å². The van der Waals surface area contributed by atoms with E-state index in [0.29, 0.717) is 5.92 Å². The average molecular weight is 344 g/mol. The number of rotatable bonds is 7. The van der Waals surface area contributed by atoms with Crippen molar-refractivity contribution in [3.05, 3.63) is 18.1 Å². The van der Waals surface area contributed by atoms with Crippen molar-refractivity contribution in [3.63, 3.8) is 0 Å². The molecule has 3 aliphatic heterocycles. The Morgan fingerprint density at radius 1 is 1.13 bits per heavy atom. The average Bonchev–Trinajstić information content (AvgIpc) is 2.56. The zero-order valence-corrected chi connectivity index (χ0v) is 14.9. The SMILES string of the molecule is CCCCCCOc1nccnc1C1CN2CCC1CC2.Cl.O. The van der Waals surface area contributed by atoms with Crippen molar-refractivity contribution in [3.8, 4) is 5.88 Å². The van der Waals surface area contributed by atoms with Crippen molar-refractivity contribution in [2.24, 2.45) is 5.92 Å². The van der Waals surface area contributed by atoms with Crippen molar-refractivity contribution in [2.75, 3.05) is 26.2 Å². The van der Waals surface area contributed by atoms with Crippen LogP contribution in [0.25, 0.3) is 0 Å². The highest BCUT2D eigenvalue weighted by Crippen LogP contribution is 2.40. The molecule has 3 aliphatic rings. The molecule has 0 radical (unpaired) electrons. The van der Waals surface area contributed by atoms with Crippen LogP contribution in [0.2, 0.25) is 0 Å². The summed E-state index contributed by atoms with van der Waals surface area (Å²) in [6, 6.07) is 0. The molecule has 4 heterocycles. The van der Waals surface area contributed by atoms with Gasteiger partial charge in [-0.25, -0.2) is 4.98 Å². The standard InChI is InChI=1S/C17H27N3O.ClH.H2O/c1-2-3-4-5-12-21-17-16(18-8-9-19-17)15-13-20-10-6-14(15)7-11-20;;/h8-9,14-15H,2-7,10-13H2,1H3;1H;1H2. The number of nitrogens with zero attached hydrogens (tertiary/aromatic N) is 3. The van der Waals surface area contributed by atoms with Gasteiger partial charge < -0.3 is 15.1 Å². The molecule has 23 heavy (non-hydrogen) atoms. The van der Waals surface area contributed by atoms with Crippen LogP contribution in [0.15, 0.2) is 12.4 Å². The van der Waals surface area contributed by atoms with E-state index in [2.05, 4.69) is 21.8 Å². The van der Waals surface area contributed by atoms with E-state index in [1.165, 1.54) is 45.2 Å². The molecule has 6 heteroatoms. The molecular weight excluding hydrogens is 314 g/mol. The largest absolute Gasteiger partial charge is 0.476 e. The molecule has 0 aromatic carbocycles. The monoisotopic (exact) mass is 343 g/mol. The fraction of sp³-hybridized carbons (Fsp3) is 0.765. The Bertz CT molecular complexity index is 453. The molecule has 4 rings (SSSR count). The zero-order chi connectivity index (χ0) is 14.5. The van der Waals surface area contributed by atoms with Gasteiger partial charge in [-0.1, -0.05) is 26.2 Å². The minimum Gasteiger partial charge on any atom is -0.476 e. The van der Waals surface area contributed by atoms with E-state index in [1.807, 2.05) is 6.20 Å². The number of fused-ring (bicyclic) bond motifs is 3. The van der Waals surface area contributed by atoms with Crippen LogP contribution in [0, 0.1) is 5.92 Å². The summed E-state index contributed by atoms with van der Waals surface area (Å²) in [6.07, 6.45) is 11.1. The highest BCUT2D eigenvalue weighted by Gasteiger charge is 2.37. The fourth-order valence-corrected chi connectivity index (χ4v) is 3.67. The van der Waals surface area contributed by atoms with Crippen molar-refractivity contribution in [1.82, 2.24) is 14.9 Å². The summed E-state index contributed by atoms with van der Waals surface area (Å²) in [7, 11) is 0. The maximum Gasteiger partial charge on any atom is 0.235 e. The molecule has 2 bridgehead atoms. The minimum absolute atomic E-state index is 0. The van der Waals surface area contributed by atoms with E-state index in [1.54, 1.807) is 6.20 Å². The molecule has 2 N–H and O–H groups in total. The number of hydrogen-bond donors (Lipinski definition) is 0. The van der Waals surface area contributed by atoms with Gasteiger partial charge in [-0.05, 0) is 38.3 Å². The van der Waals surface area contributed by atoms with E-state index in [0.717, 1.165) is 37.1 Å². The third kappa shape index (κ3) is 5.03. The minimum atomic E-state index is 0. The molecule has 1 aromatic rings. The molecular formula is C17H30ClN3O2. The molecule has 1 aromatic heterocycles. The van der Waals surface area contributed by atoms with Gasteiger partial charge in [-0.3, -0.25) is 4.98 Å². The van der Waals surface area contributed by atoms with Crippen molar-refractivity contribution >= 4 is 12.4 Å². The first-order valence-electron chi connectivity index (χ1n) is 8.54. The van der Waals surface area contributed by atoms with Crippen molar-refractivity contribution in [2.45, 2.75) is 51.4 Å². The topological polar surface area (TPSA) is 69.8 Å². The summed E-state index contributed by atoms with van der Waals surface area (Å²) < 4.78 is 5.95. The van der Waals surface area contributed by atoms with Crippen LogP contribution in [-0.2, 0) is 0 Å². The van der Waals surface area contributed by atoms with Crippen LogP contribution in [0.1, 0.15) is 57.1 Å². The molecule has 1 atom stereocenters. The van der Waals surface area contributed by atoms with Gasteiger partial charge in [0.2, 0.25) is 5.88 Å². The lowest BCUT2D eigenvalue weighted by molar-refractivity contribution is 0.0833. The zero-order valence-electron chi connectivity index (χ0n) is 14.0. The number of unbranched alkanes of at least 4 members (excludes halogenated alkanes) is 3. The number of halogens is 1. The molecule has 3 saturated heterocycles. The van der Waals surface area contributed by atoms with Crippen LogP contribution in [0.4, 0.5) is 0 Å². The van der Waals surface area contributed by atoms with Gasteiger partial charge in [0.05, 0.1) is 6.61 Å². The second-order valence-corrected chi connectivity index (χ2v) is 6.40. The van der Waals surface area contributed by atoms with Crippen molar-refractivity contribution in [1.29, 1.82) is 0 Å². The van der Waals surface area contributed by atoms with Gasteiger partial charge in [0.1, 0.15) is 5.69 Å². The summed E-state index contributed by atoms with van der Waals surface area (Å²) in [5.74, 6) is 2.08. The van der Waals surface area contributed by atoms with Gasteiger partial charge in [0.15, 0.2) is 0 Å². The van der Waals surface area contributed by atoms with E-state index >= 15 is 0 Å². The number of piperidine rings is 3. The van der Waals surface area contributed by atoms with Crippen LogP contribution in [0.3, 0.4) is 0 Å². The highest BCUT2D eigenvalue weighted by atomic mass is 35.5. The van der Waals surface area contributed by atoms with Gasteiger partial charge >= 0.3 is 0 Å². The molecule has 5 nitrogen and oxygen atoms in total. The van der Waals surface area contributed by atoms with Crippen LogP contribution >= 0.6 is 12.4 Å². The Hall–Kier alpha value is -0.910. The highest BCUT2D eigenvalue weighted by molar-refractivity contribution is 5.85. The lowest BCUT2D eigenvalue weighted by Gasteiger charge is -2.44. The summed E-state index contributed by atoms with van der Waals surface area (Å²) in [6.45, 7) is 6.65. The summed E-state index contributed by atoms with van der Waals surface area (Å²) in [4.78, 5) is 11.6. The van der Waals surface area contributed by atoms with Crippen LogP contribution in [-0.4, -0.2) is 46.6 Å². The smallest absolute Gasteiger partial charge is 0.235 e. The lowest BCUT2D eigenvalue weighted by atomic mass is 9.77. The Kier molecular flexibility index (Phi) is 8.81. The van der Waals surface area contributed by atoms with Crippen molar-refractivity contribution < 1.29 is 10.2 Å². The van der Waals surface area contributed by atoms with Gasteiger partial charge in [0.25, 0.3) is 0 Å². The van der Waals surface area contributed by atoms with E-state index in [9.17, 15) is 0 Å². The van der Waals surface area contributed by atoms with E-state index in [-0.39, 0.29) is 17.9 Å². The normalized spacial score (nSPS) is 25.3. The van der Waals surface area contributed by atoms with Gasteiger partial charge in [0, 0.05) is 24.9 Å². The lowest BCUT2D eigenvalue weighted by Crippen LogP contribution is -2.46. The van der Waals surface area contributed by atoms with Crippen LogP contribution < -0.4 is 4.74 Å². The Labute approximate surface area is 145 Å². The number of ether oxygens (including phenoxy) is 1. The molecule has 0 amide bonds. The first-order valence-corrected chi connectivity index (χ1v) is 8.54. The molecule has 0 saturated carbocycles. The quantitative estimate of drug-likeness (QED) is 0.714. The van der Waals surface area contributed by atoms with E-state index < -0.39 is 0 Å². The Balaban J connectivity index is 0.00000132. The summed E-state index contributed by atoms with van der Waals surface area (Å²) in [5, 5.41) is 0. The van der Waals surface area contributed by atoms with Gasteiger partial charge in [-0.15, -0.1) is 12.4 Å². The summed E-state index contributed by atoms with van der Waals surface area (Å²) >= 11 is 0. The second-order valence-electron chi connectivity index (χ2n) is 6.40. The third-order valence-corrected chi connectivity index (χ3v) is 4.94. The first-order chi connectivity index (χ1) is 10.4. The first kappa shape index (κ1) is 20.1. The predicted molar refractivity (Wildman–Crippen MR) is 94.4 cm³/mol. The Morgan fingerprint density at radius 3 is 2.52 bits per heavy atom. The summed E-state index contributed by atoms with van der Waals surface area (Å²) in [5.41, 5.74) is 1.10. The second kappa shape index (κ2) is 10.1. The maximum absolute atomic E-state index is 5.95. The maximum atomic E-state index is 5.95. The fourth-order valence-electron chi connectivity index (χ4n) is 3.67. The predicted octanol–water partition coefficient (Wildman–Crippen LogP) is 2.84. The molecule has 0 aliphatic carbocycles. The number of hydrogen-bond acceptors (Lipinski definition) is 4. The van der Waals surface area contributed by atoms with Gasteiger partial charge in [-0.2, -0.15) is 0 Å².